The largest absolute Gasteiger partial charge is 0.309 e. The zero-order chi connectivity index (χ0) is 22.8. The third kappa shape index (κ3) is 2.58. The van der Waals surface area contributed by atoms with E-state index < -0.39 is 0 Å². The molecular weight excluding hydrogens is 418 g/mol. The van der Waals surface area contributed by atoms with Crippen LogP contribution in [0, 0.1) is 6.92 Å². The number of nitrogens with zero attached hydrogens (tertiary/aromatic N) is 5. The number of imidazole rings is 1. The molecule has 0 atom stereocenters. The first-order valence-electron chi connectivity index (χ1n) is 11.4. The Balaban J connectivity index is 1.43. The van der Waals surface area contributed by atoms with Crippen LogP contribution in [0.15, 0.2) is 98.0 Å². The summed E-state index contributed by atoms with van der Waals surface area (Å²) >= 11 is 0. The molecule has 0 amide bonds. The molecular formula is C29H22N5+. The Labute approximate surface area is 196 Å². The van der Waals surface area contributed by atoms with Gasteiger partial charge in [0, 0.05) is 46.6 Å². The molecule has 0 fully saturated rings. The Bertz CT molecular complexity index is 1820. The van der Waals surface area contributed by atoms with Crippen LogP contribution in [0.5, 0.6) is 0 Å². The van der Waals surface area contributed by atoms with Crippen molar-refractivity contribution >= 4 is 38.2 Å². The standard InChI is InChI=1S/C29H22N5/c1-19-3-8-22(23-11-14-33-16-15-32(2)29(33)28(19)23)20-4-6-21(7-5-20)34-26-9-12-30-17-24(26)25-18-31-13-10-27(25)34/h3-18H,1-2H3/q+1. The minimum absolute atomic E-state index is 1.11. The van der Waals surface area contributed by atoms with Crippen LogP contribution in [0.25, 0.3) is 55.0 Å². The van der Waals surface area contributed by atoms with Crippen LogP contribution in [0.4, 0.5) is 0 Å². The first-order chi connectivity index (χ1) is 16.7. The van der Waals surface area contributed by atoms with E-state index in [2.05, 4.69) is 111 Å². The Kier molecular flexibility index (Phi) is 3.91. The molecule has 0 spiro atoms. The van der Waals surface area contributed by atoms with Crippen LogP contribution in [0.2, 0.25) is 0 Å². The summed E-state index contributed by atoms with van der Waals surface area (Å²) in [4.78, 5) is 8.68. The van der Waals surface area contributed by atoms with Gasteiger partial charge in [-0.15, -0.1) is 0 Å². The van der Waals surface area contributed by atoms with Gasteiger partial charge in [-0.2, -0.15) is 0 Å². The summed E-state index contributed by atoms with van der Waals surface area (Å²) in [5, 5.41) is 4.79. The summed E-state index contributed by atoms with van der Waals surface area (Å²) in [6, 6.07) is 19.7. The lowest BCUT2D eigenvalue weighted by Crippen LogP contribution is -2.26. The van der Waals surface area contributed by atoms with Gasteiger partial charge in [0.1, 0.15) is 12.4 Å². The molecule has 5 heterocycles. The van der Waals surface area contributed by atoms with Gasteiger partial charge in [-0.3, -0.25) is 9.97 Å². The normalized spacial score (nSPS) is 11.8. The number of pyridine rings is 3. The van der Waals surface area contributed by atoms with Crippen molar-refractivity contribution in [2.45, 2.75) is 6.92 Å². The van der Waals surface area contributed by atoms with E-state index in [1.54, 1.807) is 0 Å². The third-order valence-corrected chi connectivity index (χ3v) is 6.91. The van der Waals surface area contributed by atoms with Crippen molar-refractivity contribution in [3.63, 3.8) is 0 Å². The molecule has 5 aromatic heterocycles. The zero-order valence-electron chi connectivity index (χ0n) is 19.0. The van der Waals surface area contributed by atoms with E-state index in [-0.39, 0.29) is 0 Å². The molecule has 0 unspecified atom stereocenters. The minimum atomic E-state index is 1.11. The highest BCUT2D eigenvalue weighted by Crippen LogP contribution is 2.34. The lowest BCUT2D eigenvalue weighted by atomic mass is 9.96. The fraction of sp³-hybridized carbons (Fsp3) is 0.0690. The molecule has 0 bridgehead atoms. The summed E-state index contributed by atoms with van der Waals surface area (Å²) in [5.41, 5.74) is 8.33. The molecule has 7 rings (SSSR count). The number of hydrogen-bond acceptors (Lipinski definition) is 2. The van der Waals surface area contributed by atoms with E-state index in [0.717, 1.165) is 27.5 Å². The van der Waals surface area contributed by atoms with Gasteiger partial charge in [0.15, 0.2) is 0 Å². The van der Waals surface area contributed by atoms with Gasteiger partial charge in [0.25, 0.3) is 5.65 Å². The summed E-state index contributed by atoms with van der Waals surface area (Å²) in [5.74, 6) is 0. The second-order valence-electron chi connectivity index (χ2n) is 8.84. The molecule has 0 aliphatic carbocycles. The van der Waals surface area contributed by atoms with Gasteiger partial charge in [-0.25, -0.2) is 8.97 Å². The summed E-state index contributed by atoms with van der Waals surface area (Å²) in [6.07, 6.45) is 13.9. The van der Waals surface area contributed by atoms with Crippen LogP contribution >= 0.6 is 0 Å². The number of aromatic nitrogens is 5. The van der Waals surface area contributed by atoms with Crippen molar-refractivity contribution in [3.8, 4) is 16.8 Å². The van der Waals surface area contributed by atoms with E-state index in [9.17, 15) is 0 Å². The first kappa shape index (κ1) is 19.0. The molecule has 162 valence electrons. The second-order valence-corrected chi connectivity index (χ2v) is 8.84. The highest BCUT2D eigenvalue weighted by Gasteiger charge is 2.17. The van der Waals surface area contributed by atoms with E-state index >= 15 is 0 Å². The van der Waals surface area contributed by atoms with Gasteiger partial charge in [0.2, 0.25) is 0 Å². The topological polar surface area (TPSA) is 39.0 Å². The molecule has 2 aromatic carbocycles. The number of benzene rings is 2. The maximum absolute atomic E-state index is 4.34. The predicted molar refractivity (Wildman–Crippen MR) is 136 cm³/mol. The van der Waals surface area contributed by atoms with Crippen LogP contribution in [-0.2, 0) is 7.05 Å². The Morgan fingerprint density at radius 3 is 2.15 bits per heavy atom. The van der Waals surface area contributed by atoms with Crippen molar-refractivity contribution in [2.24, 2.45) is 7.05 Å². The quantitative estimate of drug-likeness (QED) is 0.320. The van der Waals surface area contributed by atoms with E-state index in [0.29, 0.717) is 0 Å². The SMILES string of the molecule is Cc1ccc(-c2ccc(-n3c4ccncc4c4cnccc43)cc2)c2ccn3cc[n+](C)c3c12. The summed E-state index contributed by atoms with van der Waals surface area (Å²) in [7, 11) is 2.10. The Hall–Kier alpha value is -4.51. The fourth-order valence-electron chi connectivity index (χ4n) is 5.30. The maximum atomic E-state index is 4.34. The number of aryl methyl sites for hydroxylation is 2. The van der Waals surface area contributed by atoms with Gasteiger partial charge in [-0.1, -0.05) is 24.3 Å². The number of fused-ring (bicyclic) bond motifs is 6. The van der Waals surface area contributed by atoms with E-state index in [1.807, 2.05) is 24.8 Å². The fourth-order valence-corrected chi connectivity index (χ4v) is 5.30. The number of hydrogen-bond donors (Lipinski definition) is 0. The smallest absolute Gasteiger partial charge is 0.294 e. The molecule has 34 heavy (non-hydrogen) atoms. The highest BCUT2D eigenvalue weighted by atomic mass is 15.1. The van der Waals surface area contributed by atoms with E-state index in [4.69, 9.17) is 0 Å². The van der Waals surface area contributed by atoms with Crippen LogP contribution in [-0.4, -0.2) is 18.9 Å². The molecule has 0 aliphatic rings. The molecule has 0 saturated heterocycles. The van der Waals surface area contributed by atoms with Gasteiger partial charge < -0.3 is 4.57 Å². The molecule has 0 saturated carbocycles. The van der Waals surface area contributed by atoms with E-state index in [1.165, 1.54) is 33.1 Å². The number of rotatable bonds is 2. The summed E-state index contributed by atoms with van der Waals surface area (Å²) in [6.45, 7) is 2.19. The highest BCUT2D eigenvalue weighted by molar-refractivity contribution is 6.08. The average Bonchev–Trinajstić information content (AvgIpc) is 3.42. The predicted octanol–water partition coefficient (Wildman–Crippen LogP) is 5.78. The van der Waals surface area contributed by atoms with Gasteiger partial charge in [0.05, 0.1) is 29.7 Å². The maximum Gasteiger partial charge on any atom is 0.294 e. The van der Waals surface area contributed by atoms with Gasteiger partial charge >= 0.3 is 0 Å². The first-order valence-corrected chi connectivity index (χ1v) is 11.4. The second kappa shape index (κ2) is 6.99. The molecule has 0 N–H and O–H groups in total. The van der Waals surface area contributed by atoms with Crippen molar-refractivity contribution in [1.82, 2.24) is 18.9 Å². The van der Waals surface area contributed by atoms with Crippen molar-refractivity contribution in [1.29, 1.82) is 0 Å². The lowest BCUT2D eigenvalue weighted by Gasteiger charge is -2.11. The van der Waals surface area contributed by atoms with Crippen LogP contribution in [0.1, 0.15) is 5.56 Å². The average molecular weight is 441 g/mol. The monoisotopic (exact) mass is 440 g/mol. The molecule has 0 aliphatic heterocycles. The summed E-state index contributed by atoms with van der Waals surface area (Å²) < 4.78 is 6.66. The Morgan fingerprint density at radius 2 is 1.44 bits per heavy atom. The molecule has 0 radical (unpaired) electrons. The van der Waals surface area contributed by atoms with Crippen LogP contribution < -0.4 is 4.57 Å². The minimum Gasteiger partial charge on any atom is -0.309 e. The van der Waals surface area contributed by atoms with Crippen molar-refractivity contribution in [2.75, 3.05) is 0 Å². The molecule has 5 heteroatoms. The molecule has 7 aromatic rings. The van der Waals surface area contributed by atoms with Gasteiger partial charge in [-0.05, 0) is 53.9 Å². The lowest BCUT2D eigenvalue weighted by molar-refractivity contribution is -0.643. The third-order valence-electron chi connectivity index (χ3n) is 6.91. The van der Waals surface area contributed by atoms with Crippen molar-refractivity contribution < 1.29 is 4.57 Å². The molecule has 5 nitrogen and oxygen atoms in total. The zero-order valence-corrected chi connectivity index (χ0v) is 19.0. The Morgan fingerprint density at radius 1 is 0.735 bits per heavy atom. The van der Waals surface area contributed by atoms with Crippen LogP contribution in [0.3, 0.4) is 0 Å². The van der Waals surface area contributed by atoms with Crippen molar-refractivity contribution in [3.05, 3.63) is 104 Å².